The molecule has 1 saturated carbocycles. The highest BCUT2D eigenvalue weighted by atomic mass is 15.3. The van der Waals surface area contributed by atoms with Crippen LogP contribution in [0.5, 0.6) is 0 Å². The summed E-state index contributed by atoms with van der Waals surface area (Å²) in [6, 6.07) is 8.75. The van der Waals surface area contributed by atoms with Crippen LogP contribution >= 0.6 is 0 Å². The van der Waals surface area contributed by atoms with Crippen LogP contribution in [0.3, 0.4) is 0 Å². The van der Waals surface area contributed by atoms with Crippen molar-refractivity contribution in [1.82, 2.24) is 10.2 Å². The predicted octanol–water partition coefficient (Wildman–Crippen LogP) is 2.23. The summed E-state index contributed by atoms with van der Waals surface area (Å²) in [5, 5.41) is 18.4. The molecule has 20 heavy (non-hydrogen) atoms. The molecule has 2 aromatic rings. The van der Waals surface area contributed by atoms with Gasteiger partial charge in [0.05, 0.1) is 11.5 Å². The molecule has 1 heterocycles. The van der Waals surface area contributed by atoms with Gasteiger partial charge in [-0.3, -0.25) is 5.41 Å². The maximum Gasteiger partial charge on any atom is 0.159 e. The topological polar surface area (TPSA) is 78.9 Å². The molecule has 5 heteroatoms. The molecular formula is C15H19N5. The molecular weight excluding hydrogens is 250 g/mol. The van der Waals surface area contributed by atoms with Crippen LogP contribution < -0.4 is 10.6 Å². The first-order chi connectivity index (χ1) is 9.66. The van der Waals surface area contributed by atoms with Crippen molar-refractivity contribution in [2.24, 2.45) is 5.73 Å². The van der Waals surface area contributed by atoms with Gasteiger partial charge in [-0.15, -0.1) is 5.10 Å². The Bertz CT molecular complexity index is 648. The van der Waals surface area contributed by atoms with Crippen LogP contribution in [0.25, 0.3) is 10.8 Å². The summed E-state index contributed by atoms with van der Waals surface area (Å²) in [7, 11) is 0. The van der Waals surface area contributed by atoms with Crippen LogP contribution in [-0.4, -0.2) is 28.6 Å². The third-order valence-electron chi connectivity index (χ3n) is 3.73. The second-order valence-electron chi connectivity index (χ2n) is 5.35. The fraction of sp³-hybridized carbons (Fsp3) is 0.400. The number of anilines is 1. The SMILES string of the molecule is Cc1nnc(N(CCC(=N)N)C2CC2)c2ccccc12. The standard InChI is InChI=1S/C15H19N5/c1-10-12-4-2-3-5-13(12)15(19-18-10)20(11-6-7-11)9-8-14(16)17/h2-5,11H,6-9H2,1H3,(H3,16,17). The molecule has 0 amide bonds. The lowest BCUT2D eigenvalue weighted by Crippen LogP contribution is -2.31. The summed E-state index contributed by atoms with van der Waals surface area (Å²) in [5.74, 6) is 1.15. The van der Waals surface area contributed by atoms with Crippen molar-refractivity contribution in [2.75, 3.05) is 11.4 Å². The highest BCUT2D eigenvalue weighted by Crippen LogP contribution is 2.34. The Balaban J connectivity index is 2.02. The molecule has 1 aliphatic rings. The number of nitrogens with zero attached hydrogens (tertiary/aromatic N) is 3. The zero-order valence-electron chi connectivity index (χ0n) is 11.6. The van der Waals surface area contributed by atoms with Gasteiger partial charge in [-0.1, -0.05) is 24.3 Å². The van der Waals surface area contributed by atoms with Crippen LogP contribution in [0.15, 0.2) is 24.3 Å². The molecule has 0 aliphatic heterocycles. The summed E-state index contributed by atoms with van der Waals surface area (Å²) in [6.07, 6.45) is 2.93. The third kappa shape index (κ3) is 2.43. The van der Waals surface area contributed by atoms with E-state index in [1.807, 2.05) is 19.1 Å². The van der Waals surface area contributed by atoms with Gasteiger partial charge >= 0.3 is 0 Å². The summed E-state index contributed by atoms with van der Waals surface area (Å²) in [5.41, 5.74) is 6.45. The first-order valence-corrected chi connectivity index (χ1v) is 6.98. The summed E-state index contributed by atoms with van der Waals surface area (Å²) < 4.78 is 0. The molecule has 0 radical (unpaired) electrons. The Morgan fingerprint density at radius 2 is 2.00 bits per heavy atom. The van der Waals surface area contributed by atoms with Crippen molar-refractivity contribution in [1.29, 1.82) is 5.41 Å². The van der Waals surface area contributed by atoms with Crippen LogP contribution in [0.2, 0.25) is 0 Å². The molecule has 1 fully saturated rings. The molecule has 3 N–H and O–H groups in total. The largest absolute Gasteiger partial charge is 0.388 e. The van der Waals surface area contributed by atoms with E-state index in [1.165, 1.54) is 12.8 Å². The second-order valence-corrected chi connectivity index (χ2v) is 5.35. The maximum atomic E-state index is 7.42. The average Bonchev–Trinajstić information content (AvgIpc) is 3.26. The monoisotopic (exact) mass is 269 g/mol. The van der Waals surface area contributed by atoms with Gasteiger partial charge in [0, 0.05) is 29.8 Å². The van der Waals surface area contributed by atoms with E-state index in [2.05, 4.69) is 27.2 Å². The van der Waals surface area contributed by atoms with Gasteiger partial charge < -0.3 is 10.6 Å². The van der Waals surface area contributed by atoms with Crippen LogP contribution in [0.4, 0.5) is 5.82 Å². The van der Waals surface area contributed by atoms with E-state index in [4.69, 9.17) is 11.1 Å². The maximum absolute atomic E-state index is 7.42. The molecule has 1 aromatic heterocycles. The molecule has 0 atom stereocenters. The number of aromatic nitrogens is 2. The quantitative estimate of drug-likeness (QED) is 0.644. The minimum Gasteiger partial charge on any atom is -0.388 e. The number of hydrogen-bond acceptors (Lipinski definition) is 4. The number of aryl methyl sites for hydroxylation is 1. The van der Waals surface area contributed by atoms with Gasteiger partial charge in [0.2, 0.25) is 0 Å². The highest BCUT2D eigenvalue weighted by molar-refractivity contribution is 5.93. The predicted molar refractivity (Wildman–Crippen MR) is 81.2 cm³/mol. The summed E-state index contributed by atoms with van der Waals surface area (Å²) in [4.78, 5) is 2.26. The Labute approximate surface area is 118 Å². The Hall–Kier alpha value is -2.17. The summed E-state index contributed by atoms with van der Waals surface area (Å²) >= 11 is 0. The molecule has 0 bridgehead atoms. The van der Waals surface area contributed by atoms with E-state index in [0.29, 0.717) is 12.5 Å². The zero-order valence-corrected chi connectivity index (χ0v) is 11.6. The normalized spacial score (nSPS) is 14.4. The number of benzene rings is 1. The van der Waals surface area contributed by atoms with E-state index in [-0.39, 0.29) is 5.84 Å². The van der Waals surface area contributed by atoms with E-state index >= 15 is 0 Å². The van der Waals surface area contributed by atoms with Crippen molar-refractivity contribution < 1.29 is 0 Å². The van der Waals surface area contributed by atoms with Gasteiger partial charge in [-0.25, -0.2) is 0 Å². The summed E-state index contributed by atoms with van der Waals surface area (Å²) in [6.45, 7) is 2.72. The fourth-order valence-electron chi connectivity index (χ4n) is 2.52. The molecule has 3 rings (SSSR count). The van der Waals surface area contributed by atoms with Crippen molar-refractivity contribution in [2.45, 2.75) is 32.2 Å². The Kier molecular flexibility index (Phi) is 3.26. The van der Waals surface area contributed by atoms with Gasteiger partial charge in [-0.2, -0.15) is 5.10 Å². The smallest absolute Gasteiger partial charge is 0.159 e. The average molecular weight is 269 g/mol. The van der Waals surface area contributed by atoms with Gasteiger partial charge in [-0.05, 0) is 19.8 Å². The fourth-order valence-corrected chi connectivity index (χ4v) is 2.52. The van der Waals surface area contributed by atoms with Crippen molar-refractivity contribution in [3.63, 3.8) is 0 Å². The lowest BCUT2D eigenvalue weighted by atomic mass is 10.1. The van der Waals surface area contributed by atoms with E-state index in [9.17, 15) is 0 Å². The molecule has 5 nitrogen and oxygen atoms in total. The van der Waals surface area contributed by atoms with Crippen LogP contribution in [0, 0.1) is 12.3 Å². The number of hydrogen-bond donors (Lipinski definition) is 2. The molecule has 0 saturated heterocycles. The number of rotatable bonds is 5. The second kappa shape index (κ2) is 5.07. The third-order valence-corrected chi connectivity index (χ3v) is 3.73. The minimum atomic E-state index is 0.222. The van der Waals surface area contributed by atoms with Crippen LogP contribution in [-0.2, 0) is 0 Å². The molecule has 1 aromatic carbocycles. The van der Waals surface area contributed by atoms with Gasteiger partial charge in [0.15, 0.2) is 5.82 Å². The number of amidine groups is 1. The van der Waals surface area contributed by atoms with Crippen molar-refractivity contribution in [3.05, 3.63) is 30.0 Å². The molecule has 104 valence electrons. The first-order valence-electron chi connectivity index (χ1n) is 6.98. The van der Waals surface area contributed by atoms with E-state index in [1.54, 1.807) is 0 Å². The van der Waals surface area contributed by atoms with E-state index in [0.717, 1.165) is 28.8 Å². The first kappa shape index (κ1) is 12.8. The van der Waals surface area contributed by atoms with Gasteiger partial charge in [0.25, 0.3) is 0 Å². The molecule has 1 aliphatic carbocycles. The molecule has 0 unspecified atom stereocenters. The van der Waals surface area contributed by atoms with Crippen molar-refractivity contribution >= 4 is 22.4 Å². The molecule has 0 spiro atoms. The number of nitrogens with two attached hydrogens (primary N) is 1. The Morgan fingerprint density at radius 3 is 2.65 bits per heavy atom. The lowest BCUT2D eigenvalue weighted by Gasteiger charge is -2.24. The highest BCUT2D eigenvalue weighted by Gasteiger charge is 2.31. The number of fused-ring (bicyclic) bond motifs is 1. The minimum absolute atomic E-state index is 0.222. The lowest BCUT2D eigenvalue weighted by molar-refractivity contribution is 0.771. The number of nitrogens with one attached hydrogen (secondary N) is 1. The van der Waals surface area contributed by atoms with Crippen LogP contribution in [0.1, 0.15) is 25.0 Å². The van der Waals surface area contributed by atoms with Crippen molar-refractivity contribution in [3.8, 4) is 0 Å². The zero-order chi connectivity index (χ0) is 14.1. The van der Waals surface area contributed by atoms with E-state index < -0.39 is 0 Å². The Morgan fingerprint density at radius 1 is 1.30 bits per heavy atom. The van der Waals surface area contributed by atoms with Gasteiger partial charge in [0.1, 0.15) is 0 Å².